The van der Waals surface area contributed by atoms with Gasteiger partial charge >= 0.3 is 0 Å². The van der Waals surface area contributed by atoms with E-state index in [1.54, 1.807) is 12.1 Å². The van der Waals surface area contributed by atoms with Gasteiger partial charge in [0.05, 0.1) is 0 Å². The standard InChI is InChI=1S/C20H26O2/c1-7-13-12(2)18(3,4)10-20(13)11-19(5,6)14-8-16(21)17(22)9-15(14)20/h7-9,21-22H,1,10-11H2,2-6H3. The minimum absolute atomic E-state index is 0.0259. The number of hydrogen-bond acceptors (Lipinski definition) is 2. The predicted molar refractivity (Wildman–Crippen MR) is 90.4 cm³/mol. The van der Waals surface area contributed by atoms with Crippen molar-refractivity contribution in [3.05, 3.63) is 47.1 Å². The summed E-state index contributed by atoms with van der Waals surface area (Å²) < 4.78 is 0. The van der Waals surface area contributed by atoms with E-state index in [1.165, 1.54) is 11.1 Å². The molecule has 0 amide bonds. The van der Waals surface area contributed by atoms with Crippen LogP contribution in [0, 0.1) is 5.41 Å². The predicted octanol–water partition coefficient (Wildman–Crippen LogP) is 4.95. The quantitative estimate of drug-likeness (QED) is 0.720. The van der Waals surface area contributed by atoms with E-state index >= 15 is 0 Å². The van der Waals surface area contributed by atoms with Crippen LogP contribution < -0.4 is 0 Å². The number of hydrogen-bond donors (Lipinski definition) is 2. The van der Waals surface area contributed by atoms with Crippen molar-refractivity contribution in [2.75, 3.05) is 0 Å². The zero-order valence-corrected chi connectivity index (χ0v) is 14.2. The molecule has 1 atom stereocenters. The maximum absolute atomic E-state index is 10.1. The Labute approximate surface area is 133 Å². The molecule has 22 heavy (non-hydrogen) atoms. The Hall–Kier alpha value is -1.70. The van der Waals surface area contributed by atoms with Crippen LogP contribution in [0.5, 0.6) is 11.5 Å². The molecule has 0 aromatic heterocycles. The molecular formula is C20H26O2. The van der Waals surface area contributed by atoms with Crippen molar-refractivity contribution in [2.45, 2.75) is 58.3 Å². The number of benzene rings is 1. The second-order valence-corrected chi connectivity index (χ2v) is 8.33. The molecule has 0 aliphatic heterocycles. The summed E-state index contributed by atoms with van der Waals surface area (Å²) in [6, 6.07) is 3.53. The monoisotopic (exact) mass is 298 g/mol. The smallest absolute Gasteiger partial charge is 0.157 e. The number of aromatic hydroxyl groups is 2. The number of phenolic OH excluding ortho intramolecular Hbond substituents is 2. The Morgan fingerprint density at radius 1 is 0.955 bits per heavy atom. The van der Waals surface area contributed by atoms with E-state index in [2.05, 4.69) is 41.2 Å². The lowest BCUT2D eigenvalue weighted by Gasteiger charge is -2.32. The average molecular weight is 298 g/mol. The molecule has 0 saturated carbocycles. The summed E-state index contributed by atoms with van der Waals surface area (Å²) in [6.45, 7) is 15.3. The lowest BCUT2D eigenvalue weighted by Crippen LogP contribution is -2.27. The summed E-state index contributed by atoms with van der Waals surface area (Å²) in [5.41, 5.74) is 4.98. The molecule has 0 saturated heterocycles. The molecule has 2 nitrogen and oxygen atoms in total. The van der Waals surface area contributed by atoms with Gasteiger partial charge in [0.1, 0.15) is 0 Å². The summed E-state index contributed by atoms with van der Waals surface area (Å²) in [5.74, 6) is -0.0522. The molecule has 0 fully saturated rings. The summed E-state index contributed by atoms with van der Waals surface area (Å²) in [4.78, 5) is 0. The van der Waals surface area contributed by atoms with Gasteiger partial charge < -0.3 is 10.2 Å². The fourth-order valence-corrected chi connectivity index (χ4v) is 4.93. The van der Waals surface area contributed by atoms with Crippen LogP contribution >= 0.6 is 0 Å². The van der Waals surface area contributed by atoms with Gasteiger partial charge in [0.25, 0.3) is 0 Å². The molecule has 2 N–H and O–H groups in total. The van der Waals surface area contributed by atoms with Gasteiger partial charge in [-0.05, 0) is 59.4 Å². The van der Waals surface area contributed by atoms with Crippen molar-refractivity contribution in [1.29, 1.82) is 0 Å². The molecule has 118 valence electrons. The molecule has 2 aliphatic rings. The maximum atomic E-state index is 10.1. The third kappa shape index (κ3) is 1.73. The molecule has 1 aromatic carbocycles. The minimum Gasteiger partial charge on any atom is -0.504 e. The van der Waals surface area contributed by atoms with Crippen LogP contribution in [0.15, 0.2) is 35.9 Å². The van der Waals surface area contributed by atoms with Crippen molar-refractivity contribution in [1.82, 2.24) is 0 Å². The van der Waals surface area contributed by atoms with E-state index in [0.29, 0.717) is 0 Å². The summed E-state index contributed by atoms with van der Waals surface area (Å²) >= 11 is 0. The molecule has 0 heterocycles. The molecular weight excluding hydrogens is 272 g/mol. The van der Waals surface area contributed by atoms with Gasteiger partial charge in [0.2, 0.25) is 0 Å². The van der Waals surface area contributed by atoms with E-state index in [-0.39, 0.29) is 27.7 Å². The molecule has 0 bridgehead atoms. The van der Waals surface area contributed by atoms with Crippen molar-refractivity contribution < 1.29 is 10.2 Å². The van der Waals surface area contributed by atoms with Crippen LogP contribution in [0.3, 0.4) is 0 Å². The number of phenols is 2. The van der Waals surface area contributed by atoms with Gasteiger partial charge in [0.15, 0.2) is 11.5 Å². The Bertz CT molecular complexity index is 707. The van der Waals surface area contributed by atoms with Crippen LogP contribution in [0.4, 0.5) is 0 Å². The number of fused-ring (bicyclic) bond motifs is 2. The molecule has 2 aliphatic carbocycles. The normalized spacial score (nSPS) is 28.2. The highest BCUT2D eigenvalue weighted by molar-refractivity contribution is 5.62. The zero-order chi connectivity index (χ0) is 16.5. The molecule has 1 aromatic rings. The molecule has 0 radical (unpaired) electrons. The van der Waals surface area contributed by atoms with E-state index < -0.39 is 0 Å². The van der Waals surface area contributed by atoms with Crippen LogP contribution in [0.1, 0.15) is 58.6 Å². The van der Waals surface area contributed by atoms with E-state index in [0.717, 1.165) is 24.0 Å². The zero-order valence-electron chi connectivity index (χ0n) is 14.2. The van der Waals surface area contributed by atoms with E-state index in [4.69, 9.17) is 0 Å². The van der Waals surface area contributed by atoms with Crippen molar-refractivity contribution in [3.8, 4) is 11.5 Å². The summed E-state index contributed by atoms with van der Waals surface area (Å²) in [5, 5.41) is 20.0. The fourth-order valence-electron chi connectivity index (χ4n) is 4.93. The van der Waals surface area contributed by atoms with E-state index in [9.17, 15) is 10.2 Å². The fraction of sp³-hybridized carbons (Fsp3) is 0.500. The Morgan fingerprint density at radius 2 is 1.45 bits per heavy atom. The lowest BCUT2D eigenvalue weighted by atomic mass is 9.71. The first-order chi connectivity index (χ1) is 10.0. The number of rotatable bonds is 1. The van der Waals surface area contributed by atoms with Gasteiger partial charge in [-0.15, -0.1) is 0 Å². The van der Waals surface area contributed by atoms with Crippen molar-refractivity contribution in [3.63, 3.8) is 0 Å². The summed E-state index contributed by atoms with van der Waals surface area (Å²) in [6.07, 6.45) is 4.01. The third-order valence-electron chi connectivity index (χ3n) is 5.99. The van der Waals surface area contributed by atoms with Crippen LogP contribution in [0.25, 0.3) is 0 Å². The largest absolute Gasteiger partial charge is 0.504 e. The Morgan fingerprint density at radius 3 is 2.00 bits per heavy atom. The highest BCUT2D eigenvalue weighted by atomic mass is 16.3. The van der Waals surface area contributed by atoms with Gasteiger partial charge in [0, 0.05) is 5.41 Å². The second-order valence-electron chi connectivity index (χ2n) is 8.33. The maximum Gasteiger partial charge on any atom is 0.157 e. The lowest BCUT2D eigenvalue weighted by molar-refractivity contribution is 0.317. The highest BCUT2D eigenvalue weighted by Crippen LogP contribution is 2.64. The molecule has 3 rings (SSSR count). The van der Waals surface area contributed by atoms with Gasteiger partial charge in [-0.1, -0.05) is 45.9 Å². The molecule has 1 unspecified atom stereocenters. The van der Waals surface area contributed by atoms with Gasteiger partial charge in [-0.3, -0.25) is 0 Å². The van der Waals surface area contributed by atoms with Gasteiger partial charge in [-0.2, -0.15) is 0 Å². The Balaban J connectivity index is 2.33. The van der Waals surface area contributed by atoms with Crippen LogP contribution in [-0.4, -0.2) is 10.2 Å². The van der Waals surface area contributed by atoms with Gasteiger partial charge in [-0.25, -0.2) is 0 Å². The SMILES string of the molecule is C=CC1=C(C)C(C)(C)CC12CC(C)(C)c1cc(O)c(O)cc12. The molecule has 1 spiro atoms. The first-order valence-corrected chi connectivity index (χ1v) is 7.96. The van der Waals surface area contributed by atoms with Crippen molar-refractivity contribution in [2.24, 2.45) is 5.41 Å². The first kappa shape index (κ1) is 15.2. The number of allylic oxidation sites excluding steroid dienone is 3. The third-order valence-corrected chi connectivity index (χ3v) is 5.99. The highest BCUT2D eigenvalue weighted by Gasteiger charge is 2.55. The molecule has 2 heteroatoms. The topological polar surface area (TPSA) is 40.5 Å². The van der Waals surface area contributed by atoms with Crippen LogP contribution in [0.2, 0.25) is 0 Å². The minimum atomic E-state index is -0.0979. The summed E-state index contributed by atoms with van der Waals surface area (Å²) in [7, 11) is 0. The average Bonchev–Trinajstić information content (AvgIpc) is 2.70. The van der Waals surface area contributed by atoms with Crippen LogP contribution in [-0.2, 0) is 10.8 Å². The van der Waals surface area contributed by atoms with Crippen molar-refractivity contribution >= 4 is 0 Å². The van der Waals surface area contributed by atoms with E-state index in [1.807, 2.05) is 6.08 Å². The second kappa shape index (κ2) is 4.18. The first-order valence-electron chi connectivity index (χ1n) is 7.96. The Kier molecular flexibility index (Phi) is 2.89.